The predicted octanol–water partition coefficient (Wildman–Crippen LogP) is 3.12. The molecule has 0 atom stereocenters. The molecule has 0 saturated heterocycles. The molecule has 38 heavy (non-hydrogen) atoms. The minimum absolute atomic E-state index is 0.0189. The van der Waals surface area contributed by atoms with E-state index in [9.17, 15) is 14.7 Å². The van der Waals surface area contributed by atoms with Crippen LogP contribution in [0.5, 0.6) is 11.6 Å². The van der Waals surface area contributed by atoms with Crippen molar-refractivity contribution in [3.8, 4) is 11.6 Å². The lowest BCUT2D eigenvalue weighted by atomic mass is 9.81. The van der Waals surface area contributed by atoms with Crippen LogP contribution in [0.15, 0.2) is 36.7 Å². The number of primary amides is 1. The van der Waals surface area contributed by atoms with Crippen molar-refractivity contribution in [1.82, 2.24) is 19.9 Å². The summed E-state index contributed by atoms with van der Waals surface area (Å²) < 4.78 is 13.9. The number of nitrogens with zero attached hydrogens (tertiary/aromatic N) is 3. The lowest BCUT2D eigenvalue weighted by molar-refractivity contribution is -0.0666. The van der Waals surface area contributed by atoms with Gasteiger partial charge in [-0.2, -0.15) is 5.10 Å². The summed E-state index contributed by atoms with van der Waals surface area (Å²) in [5, 5.41) is 18.2. The number of rotatable bonds is 9. The largest absolute Gasteiger partial charge is 0.489 e. The van der Waals surface area contributed by atoms with Gasteiger partial charge in [0.15, 0.2) is 0 Å². The highest BCUT2D eigenvalue weighted by Crippen LogP contribution is 2.45. The first kappa shape index (κ1) is 24.7. The zero-order valence-electron chi connectivity index (χ0n) is 21.3. The van der Waals surface area contributed by atoms with Crippen molar-refractivity contribution in [3.05, 3.63) is 53.5 Å². The summed E-state index contributed by atoms with van der Waals surface area (Å²) in [6.07, 6.45) is 10.8. The van der Waals surface area contributed by atoms with Gasteiger partial charge in [0.25, 0.3) is 11.8 Å². The van der Waals surface area contributed by atoms with Crippen LogP contribution in [-0.2, 0) is 0 Å². The van der Waals surface area contributed by atoms with Gasteiger partial charge in [0.05, 0.1) is 28.6 Å². The SMILES string of the molecule is NC(=O)c1cccnc1OC1CCC(NC(=O)c2cnn3c(C4CC4)c(OCC4(O)CCC4)ccc23)CC1. The highest BCUT2D eigenvalue weighted by molar-refractivity contribution is 6.01. The Morgan fingerprint density at radius 3 is 2.58 bits per heavy atom. The number of carbonyl (C=O) groups excluding carboxylic acids is 2. The average Bonchev–Trinajstić information content (AvgIpc) is 3.64. The second-order valence-electron chi connectivity index (χ2n) is 10.9. The van der Waals surface area contributed by atoms with Crippen LogP contribution < -0.4 is 20.5 Å². The predicted molar refractivity (Wildman–Crippen MR) is 138 cm³/mol. The van der Waals surface area contributed by atoms with Crippen LogP contribution in [0, 0.1) is 0 Å². The van der Waals surface area contributed by atoms with Gasteiger partial charge >= 0.3 is 0 Å². The Kier molecular flexibility index (Phi) is 6.43. The number of nitrogens with two attached hydrogens (primary N) is 1. The highest BCUT2D eigenvalue weighted by Gasteiger charge is 2.37. The van der Waals surface area contributed by atoms with E-state index in [1.807, 2.05) is 16.6 Å². The van der Waals surface area contributed by atoms with Crippen LogP contribution in [0.4, 0.5) is 0 Å². The van der Waals surface area contributed by atoms with Crippen LogP contribution in [0.2, 0.25) is 0 Å². The van der Waals surface area contributed by atoms with E-state index >= 15 is 0 Å². The lowest BCUT2D eigenvalue weighted by Crippen LogP contribution is -2.42. The lowest BCUT2D eigenvalue weighted by Gasteiger charge is -2.36. The summed E-state index contributed by atoms with van der Waals surface area (Å²) in [4.78, 5) is 29.0. The van der Waals surface area contributed by atoms with Gasteiger partial charge in [-0.15, -0.1) is 0 Å². The van der Waals surface area contributed by atoms with Crippen LogP contribution in [0.3, 0.4) is 0 Å². The quantitative estimate of drug-likeness (QED) is 0.394. The molecule has 200 valence electrons. The molecule has 0 aromatic carbocycles. The number of nitrogens with one attached hydrogen (secondary N) is 1. The number of hydrogen-bond acceptors (Lipinski definition) is 7. The van der Waals surface area contributed by atoms with E-state index in [0.29, 0.717) is 11.5 Å². The van der Waals surface area contributed by atoms with E-state index in [1.54, 1.807) is 24.5 Å². The molecule has 3 aliphatic carbocycles. The Balaban J connectivity index is 1.10. The maximum Gasteiger partial charge on any atom is 0.255 e. The molecular formula is C28H33N5O5. The standard InChI is InChI=1S/C28H33N5O5/c29-25(34)20-3-1-14-30-27(20)38-19-8-6-18(7-9-19)32-26(35)21-15-31-33-22(21)10-11-23(24(33)17-4-5-17)37-16-28(36)12-2-13-28/h1,3,10-11,14-15,17-19,36H,2,4-9,12-13,16H2,(H2,29,34)(H,32,35). The maximum absolute atomic E-state index is 13.2. The monoisotopic (exact) mass is 519 g/mol. The molecule has 2 amide bonds. The van der Waals surface area contributed by atoms with E-state index in [2.05, 4.69) is 15.4 Å². The molecule has 4 N–H and O–H groups in total. The number of fused-ring (bicyclic) bond motifs is 1. The molecule has 3 fully saturated rings. The number of aromatic nitrogens is 3. The Morgan fingerprint density at radius 2 is 1.89 bits per heavy atom. The van der Waals surface area contributed by atoms with Crippen LogP contribution in [0.25, 0.3) is 5.52 Å². The van der Waals surface area contributed by atoms with Crippen molar-refractivity contribution in [2.45, 2.75) is 81.5 Å². The van der Waals surface area contributed by atoms with Crippen molar-refractivity contribution in [3.63, 3.8) is 0 Å². The zero-order chi connectivity index (χ0) is 26.3. The second-order valence-corrected chi connectivity index (χ2v) is 10.9. The fourth-order valence-corrected chi connectivity index (χ4v) is 5.44. The smallest absolute Gasteiger partial charge is 0.255 e. The first-order valence-electron chi connectivity index (χ1n) is 13.5. The molecule has 0 bridgehead atoms. The van der Waals surface area contributed by atoms with Crippen LogP contribution >= 0.6 is 0 Å². The van der Waals surface area contributed by atoms with E-state index < -0.39 is 11.5 Å². The average molecular weight is 520 g/mol. The molecule has 3 aromatic rings. The van der Waals surface area contributed by atoms with Crippen molar-refractivity contribution in [2.24, 2.45) is 5.73 Å². The summed E-state index contributed by atoms with van der Waals surface area (Å²) in [7, 11) is 0. The molecule has 0 aliphatic heterocycles. The molecule has 3 aromatic heterocycles. The Morgan fingerprint density at radius 1 is 1.11 bits per heavy atom. The van der Waals surface area contributed by atoms with Gasteiger partial charge in [-0.05, 0) is 82.1 Å². The Bertz CT molecular complexity index is 1350. The van der Waals surface area contributed by atoms with Gasteiger partial charge in [-0.3, -0.25) is 9.59 Å². The van der Waals surface area contributed by atoms with E-state index in [1.165, 1.54) is 0 Å². The first-order chi connectivity index (χ1) is 18.4. The highest BCUT2D eigenvalue weighted by atomic mass is 16.5. The number of hydrogen-bond donors (Lipinski definition) is 3. The first-order valence-corrected chi connectivity index (χ1v) is 13.5. The molecule has 10 nitrogen and oxygen atoms in total. The van der Waals surface area contributed by atoms with Gasteiger partial charge in [0.2, 0.25) is 5.88 Å². The summed E-state index contributed by atoms with van der Waals surface area (Å²) in [5.74, 6) is 0.632. The number of pyridine rings is 2. The summed E-state index contributed by atoms with van der Waals surface area (Å²) >= 11 is 0. The number of aliphatic hydroxyl groups is 1. The third-order valence-corrected chi connectivity index (χ3v) is 7.99. The number of carbonyl (C=O) groups is 2. The second kappa shape index (κ2) is 9.90. The summed E-state index contributed by atoms with van der Waals surface area (Å²) in [6.45, 7) is 0.281. The Labute approximate surface area is 220 Å². The summed E-state index contributed by atoms with van der Waals surface area (Å²) in [6, 6.07) is 7.06. The molecule has 3 saturated carbocycles. The number of ether oxygens (including phenoxy) is 2. The fourth-order valence-electron chi connectivity index (χ4n) is 5.44. The zero-order valence-corrected chi connectivity index (χ0v) is 21.3. The van der Waals surface area contributed by atoms with Crippen LogP contribution in [-0.4, -0.2) is 55.9 Å². The minimum atomic E-state index is -0.725. The topological polar surface area (TPSA) is 141 Å². The van der Waals surface area contributed by atoms with E-state index in [0.717, 1.165) is 74.7 Å². The third-order valence-electron chi connectivity index (χ3n) is 7.99. The van der Waals surface area contributed by atoms with Gasteiger partial charge in [0, 0.05) is 18.2 Å². The fraction of sp³-hybridized carbons (Fsp3) is 0.500. The van der Waals surface area contributed by atoms with Crippen molar-refractivity contribution >= 4 is 17.3 Å². The normalized spacial score (nSPS) is 22.4. The van der Waals surface area contributed by atoms with Gasteiger partial charge in [0.1, 0.15) is 24.0 Å². The van der Waals surface area contributed by atoms with Gasteiger partial charge < -0.3 is 25.6 Å². The van der Waals surface area contributed by atoms with Crippen molar-refractivity contribution < 1.29 is 24.2 Å². The van der Waals surface area contributed by atoms with E-state index in [4.69, 9.17) is 15.2 Å². The molecule has 3 aliphatic rings. The molecule has 3 heterocycles. The van der Waals surface area contributed by atoms with Gasteiger partial charge in [-0.1, -0.05) is 0 Å². The Hall–Kier alpha value is -3.66. The molecule has 0 radical (unpaired) electrons. The third kappa shape index (κ3) is 4.92. The maximum atomic E-state index is 13.2. The minimum Gasteiger partial charge on any atom is -0.489 e. The molecule has 0 unspecified atom stereocenters. The summed E-state index contributed by atoms with van der Waals surface area (Å²) in [5.41, 5.74) is 7.25. The van der Waals surface area contributed by atoms with Crippen molar-refractivity contribution in [1.29, 1.82) is 0 Å². The molecule has 10 heteroatoms. The van der Waals surface area contributed by atoms with E-state index in [-0.39, 0.29) is 36.1 Å². The molecular weight excluding hydrogens is 486 g/mol. The van der Waals surface area contributed by atoms with Crippen molar-refractivity contribution in [2.75, 3.05) is 6.61 Å². The molecule has 0 spiro atoms. The van der Waals surface area contributed by atoms with Crippen LogP contribution in [0.1, 0.15) is 90.1 Å². The number of amides is 2. The van der Waals surface area contributed by atoms with Gasteiger partial charge in [-0.25, -0.2) is 9.50 Å². The molecule has 6 rings (SSSR count).